The summed E-state index contributed by atoms with van der Waals surface area (Å²) in [6.07, 6.45) is 0. The molecular formula is C20H21N5O6. The van der Waals surface area contributed by atoms with Crippen LogP contribution in [0.5, 0.6) is 11.5 Å². The van der Waals surface area contributed by atoms with Crippen LogP contribution in [0.25, 0.3) is 0 Å². The summed E-state index contributed by atoms with van der Waals surface area (Å²) in [4.78, 5) is 45.9. The highest BCUT2D eigenvalue weighted by Crippen LogP contribution is 2.28. The first kappa shape index (κ1) is 22.9. The lowest BCUT2D eigenvalue weighted by Gasteiger charge is -2.11. The average molecular weight is 427 g/mol. The Balaban J connectivity index is 2.01. The predicted molar refractivity (Wildman–Crippen MR) is 112 cm³/mol. The number of anilines is 1. The zero-order chi connectivity index (χ0) is 23.0. The molecule has 0 aliphatic heterocycles. The minimum atomic E-state index is -0.994. The summed E-state index contributed by atoms with van der Waals surface area (Å²) in [6, 6.07) is 10.5. The van der Waals surface area contributed by atoms with Crippen molar-refractivity contribution >= 4 is 35.0 Å². The number of nitrogens with two attached hydrogens (primary N) is 2. The van der Waals surface area contributed by atoms with Crippen LogP contribution >= 0.6 is 0 Å². The Kier molecular flexibility index (Phi) is 7.67. The second-order valence-electron chi connectivity index (χ2n) is 6.15. The molecule has 0 radical (unpaired) electrons. The third-order valence-corrected chi connectivity index (χ3v) is 3.91. The first-order valence-electron chi connectivity index (χ1n) is 8.86. The van der Waals surface area contributed by atoms with Crippen LogP contribution in [0, 0.1) is 0 Å². The van der Waals surface area contributed by atoms with Crippen LogP contribution in [0.1, 0.15) is 22.8 Å². The van der Waals surface area contributed by atoms with Crippen molar-refractivity contribution < 1.29 is 28.7 Å². The Morgan fingerprint density at radius 3 is 2.16 bits per heavy atom. The molecule has 0 aliphatic rings. The van der Waals surface area contributed by atoms with Crippen LogP contribution in [0.15, 0.2) is 47.6 Å². The van der Waals surface area contributed by atoms with Gasteiger partial charge in [0.1, 0.15) is 0 Å². The van der Waals surface area contributed by atoms with E-state index < -0.39 is 23.6 Å². The quantitative estimate of drug-likeness (QED) is 0.265. The van der Waals surface area contributed by atoms with E-state index in [1.54, 1.807) is 25.1 Å². The zero-order valence-corrected chi connectivity index (χ0v) is 16.8. The van der Waals surface area contributed by atoms with Gasteiger partial charge in [0.25, 0.3) is 5.91 Å². The number of primary amides is 2. The Labute approximate surface area is 177 Å². The fourth-order valence-electron chi connectivity index (χ4n) is 2.32. The lowest BCUT2D eigenvalue weighted by molar-refractivity contribution is -0.136. The van der Waals surface area contributed by atoms with Crippen LogP contribution in [-0.2, 0) is 14.4 Å². The van der Waals surface area contributed by atoms with Crippen molar-refractivity contribution in [1.29, 1.82) is 0 Å². The molecule has 2 aromatic rings. The van der Waals surface area contributed by atoms with E-state index in [4.69, 9.17) is 20.9 Å². The Bertz CT molecular complexity index is 1030. The summed E-state index contributed by atoms with van der Waals surface area (Å²) in [6.45, 7) is 1.30. The third kappa shape index (κ3) is 6.56. The monoisotopic (exact) mass is 427 g/mol. The van der Waals surface area contributed by atoms with Gasteiger partial charge in [0, 0.05) is 16.8 Å². The predicted octanol–water partition coefficient (Wildman–Crippen LogP) is 0.137. The molecule has 0 atom stereocenters. The van der Waals surface area contributed by atoms with Gasteiger partial charge in [-0.1, -0.05) is 0 Å². The van der Waals surface area contributed by atoms with Gasteiger partial charge in [-0.15, -0.1) is 0 Å². The van der Waals surface area contributed by atoms with E-state index in [1.165, 1.54) is 31.4 Å². The second kappa shape index (κ2) is 10.4. The SMILES string of the molecule is COc1cc(/C(C)=N/NC(=O)C(=O)Nc2ccc(C(N)=O)cc2)ccc1OCC(N)=O. The number of carbonyl (C=O) groups is 4. The normalized spacial score (nSPS) is 10.7. The van der Waals surface area contributed by atoms with Crippen molar-refractivity contribution in [2.75, 3.05) is 19.0 Å². The zero-order valence-electron chi connectivity index (χ0n) is 16.8. The first-order chi connectivity index (χ1) is 14.7. The lowest BCUT2D eigenvalue weighted by Crippen LogP contribution is -2.33. The molecule has 0 saturated heterocycles. The number of amides is 4. The van der Waals surface area contributed by atoms with Crippen LogP contribution in [0.4, 0.5) is 5.69 Å². The van der Waals surface area contributed by atoms with E-state index in [1.807, 2.05) is 0 Å². The highest BCUT2D eigenvalue weighted by molar-refractivity contribution is 6.39. The number of hydrogen-bond acceptors (Lipinski definition) is 7. The van der Waals surface area contributed by atoms with E-state index >= 15 is 0 Å². The van der Waals surface area contributed by atoms with Gasteiger partial charge in [0.05, 0.1) is 12.8 Å². The molecule has 0 heterocycles. The minimum Gasteiger partial charge on any atom is -0.493 e. The maximum atomic E-state index is 12.0. The van der Waals surface area contributed by atoms with Gasteiger partial charge in [-0.3, -0.25) is 19.2 Å². The van der Waals surface area contributed by atoms with Gasteiger partial charge in [-0.05, 0) is 49.4 Å². The van der Waals surface area contributed by atoms with E-state index in [9.17, 15) is 19.2 Å². The molecule has 0 saturated carbocycles. The van der Waals surface area contributed by atoms with Crippen LogP contribution < -0.4 is 31.7 Å². The molecule has 6 N–H and O–H groups in total. The van der Waals surface area contributed by atoms with Gasteiger partial charge in [0.2, 0.25) is 5.91 Å². The summed E-state index contributed by atoms with van der Waals surface area (Å²) >= 11 is 0. The Morgan fingerprint density at radius 1 is 0.935 bits per heavy atom. The molecule has 2 rings (SSSR count). The minimum absolute atomic E-state index is 0.268. The van der Waals surface area contributed by atoms with E-state index in [0.717, 1.165) is 0 Å². The van der Waals surface area contributed by atoms with Crippen molar-refractivity contribution in [3.63, 3.8) is 0 Å². The lowest BCUT2D eigenvalue weighted by atomic mass is 10.1. The van der Waals surface area contributed by atoms with Gasteiger partial charge in [0.15, 0.2) is 18.1 Å². The summed E-state index contributed by atoms with van der Waals surface area (Å²) < 4.78 is 10.5. The molecule has 11 heteroatoms. The maximum absolute atomic E-state index is 12.0. The highest BCUT2D eigenvalue weighted by Gasteiger charge is 2.14. The Hall–Kier alpha value is -4.41. The summed E-state index contributed by atoms with van der Waals surface area (Å²) in [5.74, 6) is -2.54. The summed E-state index contributed by atoms with van der Waals surface area (Å²) in [5.41, 5.74) is 13.9. The number of benzene rings is 2. The molecule has 31 heavy (non-hydrogen) atoms. The molecule has 162 valence electrons. The van der Waals surface area contributed by atoms with E-state index in [2.05, 4.69) is 15.8 Å². The molecule has 0 fully saturated rings. The number of ether oxygens (including phenoxy) is 2. The maximum Gasteiger partial charge on any atom is 0.329 e. The Morgan fingerprint density at radius 2 is 1.58 bits per heavy atom. The molecule has 2 aromatic carbocycles. The molecule has 0 aliphatic carbocycles. The molecule has 0 aromatic heterocycles. The largest absolute Gasteiger partial charge is 0.493 e. The smallest absolute Gasteiger partial charge is 0.329 e. The fraction of sp³-hybridized carbons (Fsp3) is 0.150. The van der Waals surface area contributed by atoms with Crippen molar-refractivity contribution in [3.05, 3.63) is 53.6 Å². The van der Waals surface area contributed by atoms with Gasteiger partial charge >= 0.3 is 11.8 Å². The summed E-state index contributed by atoms with van der Waals surface area (Å²) in [7, 11) is 1.42. The number of methoxy groups -OCH3 is 1. The van der Waals surface area contributed by atoms with Crippen LogP contribution in [-0.4, -0.2) is 43.1 Å². The van der Waals surface area contributed by atoms with Gasteiger partial charge in [-0.2, -0.15) is 5.10 Å². The number of rotatable bonds is 8. The van der Waals surface area contributed by atoms with Crippen LogP contribution in [0.3, 0.4) is 0 Å². The molecule has 4 amide bonds. The number of carbonyl (C=O) groups excluding carboxylic acids is 4. The van der Waals surface area contributed by atoms with Crippen molar-refractivity contribution in [1.82, 2.24) is 5.43 Å². The first-order valence-corrected chi connectivity index (χ1v) is 8.86. The topological polar surface area (TPSA) is 175 Å². The highest BCUT2D eigenvalue weighted by atomic mass is 16.5. The molecular weight excluding hydrogens is 406 g/mol. The number of nitrogens with zero attached hydrogens (tertiary/aromatic N) is 1. The van der Waals surface area contributed by atoms with E-state index in [0.29, 0.717) is 28.5 Å². The summed E-state index contributed by atoms with van der Waals surface area (Å²) in [5, 5.41) is 6.27. The molecule has 0 unspecified atom stereocenters. The van der Waals surface area contributed by atoms with Gasteiger partial charge < -0.3 is 26.3 Å². The van der Waals surface area contributed by atoms with Crippen molar-refractivity contribution in [3.8, 4) is 11.5 Å². The van der Waals surface area contributed by atoms with E-state index in [-0.39, 0.29) is 12.2 Å². The average Bonchev–Trinajstić information content (AvgIpc) is 2.75. The molecule has 11 nitrogen and oxygen atoms in total. The molecule has 0 spiro atoms. The second-order valence-corrected chi connectivity index (χ2v) is 6.15. The van der Waals surface area contributed by atoms with Crippen molar-refractivity contribution in [2.45, 2.75) is 6.92 Å². The number of hydrazone groups is 1. The van der Waals surface area contributed by atoms with Gasteiger partial charge in [-0.25, -0.2) is 5.43 Å². The third-order valence-electron chi connectivity index (χ3n) is 3.91. The standard InChI is InChI=1S/C20H21N5O6/c1-11(13-5-8-15(16(9-13)30-2)31-10-17(21)26)24-25-20(29)19(28)23-14-6-3-12(4-7-14)18(22)27/h3-9H,10H2,1-2H3,(H2,21,26)(H2,22,27)(H,23,28)(H,25,29)/b24-11+. The molecule has 0 bridgehead atoms. The van der Waals surface area contributed by atoms with Crippen LogP contribution in [0.2, 0.25) is 0 Å². The fourth-order valence-corrected chi connectivity index (χ4v) is 2.32. The number of hydrogen-bond donors (Lipinski definition) is 4. The van der Waals surface area contributed by atoms with Crippen molar-refractivity contribution in [2.24, 2.45) is 16.6 Å². The number of nitrogens with one attached hydrogen (secondary N) is 2.